The minimum absolute atomic E-state index is 0.0619. The molecule has 3 rings (SSSR count). The predicted molar refractivity (Wildman–Crippen MR) is 135 cm³/mol. The summed E-state index contributed by atoms with van der Waals surface area (Å²) in [6.07, 6.45) is 0. The van der Waals surface area contributed by atoms with Crippen LogP contribution in [0.25, 0.3) is 0 Å². The SMILES string of the molecule is CCOC(=O)C1=C(CN2CCN(C(=O)NC(C)(C)C)[C@@H](C)C2)N(CC)C(=O)N[C@H]1c1ccc(F)cc1. The highest BCUT2D eigenvalue weighted by Crippen LogP contribution is 2.32. The average Bonchev–Trinajstić information content (AvgIpc) is 2.78. The summed E-state index contributed by atoms with van der Waals surface area (Å²) < 4.78 is 19.0. The van der Waals surface area contributed by atoms with Crippen LogP contribution >= 0.6 is 0 Å². The van der Waals surface area contributed by atoms with Crippen LogP contribution < -0.4 is 10.6 Å². The van der Waals surface area contributed by atoms with Gasteiger partial charge in [-0.1, -0.05) is 12.1 Å². The molecule has 1 aromatic rings. The van der Waals surface area contributed by atoms with Crippen LogP contribution in [0.3, 0.4) is 0 Å². The van der Waals surface area contributed by atoms with Crippen LogP contribution in [0.2, 0.25) is 0 Å². The number of halogens is 1. The highest BCUT2D eigenvalue weighted by atomic mass is 19.1. The Morgan fingerprint density at radius 1 is 1.17 bits per heavy atom. The van der Waals surface area contributed by atoms with Crippen LogP contribution in [-0.2, 0) is 9.53 Å². The van der Waals surface area contributed by atoms with E-state index in [1.54, 1.807) is 24.0 Å². The van der Waals surface area contributed by atoms with Gasteiger partial charge in [0.25, 0.3) is 0 Å². The van der Waals surface area contributed by atoms with E-state index in [1.165, 1.54) is 12.1 Å². The third-order valence-electron chi connectivity index (χ3n) is 6.28. The van der Waals surface area contributed by atoms with Gasteiger partial charge in [-0.15, -0.1) is 0 Å². The van der Waals surface area contributed by atoms with Gasteiger partial charge in [0.2, 0.25) is 0 Å². The predicted octanol–water partition coefficient (Wildman–Crippen LogP) is 3.24. The van der Waals surface area contributed by atoms with Crippen molar-refractivity contribution in [1.82, 2.24) is 25.3 Å². The fourth-order valence-corrected chi connectivity index (χ4v) is 4.65. The maximum Gasteiger partial charge on any atom is 0.338 e. The van der Waals surface area contributed by atoms with Gasteiger partial charge < -0.3 is 20.3 Å². The van der Waals surface area contributed by atoms with E-state index in [1.807, 2.05) is 39.5 Å². The van der Waals surface area contributed by atoms with Gasteiger partial charge in [-0.05, 0) is 59.2 Å². The number of ether oxygens (including phenoxy) is 1. The highest BCUT2D eigenvalue weighted by molar-refractivity contribution is 5.95. The maximum atomic E-state index is 13.6. The molecule has 0 bridgehead atoms. The Hall–Kier alpha value is -3.14. The first-order valence-electron chi connectivity index (χ1n) is 12.5. The number of piperazine rings is 1. The molecule has 0 saturated carbocycles. The van der Waals surface area contributed by atoms with E-state index < -0.39 is 17.8 Å². The summed E-state index contributed by atoms with van der Waals surface area (Å²) in [4.78, 5) is 44.5. The van der Waals surface area contributed by atoms with Crippen LogP contribution in [0.4, 0.5) is 14.0 Å². The zero-order valence-corrected chi connectivity index (χ0v) is 22.1. The van der Waals surface area contributed by atoms with E-state index in [4.69, 9.17) is 4.74 Å². The van der Waals surface area contributed by atoms with Crippen molar-refractivity contribution in [2.45, 2.75) is 59.2 Å². The van der Waals surface area contributed by atoms with Crippen LogP contribution in [0.5, 0.6) is 0 Å². The van der Waals surface area contributed by atoms with Crippen molar-refractivity contribution in [2.24, 2.45) is 0 Å². The molecule has 1 fully saturated rings. The number of urea groups is 2. The lowest BCUT2D eigenvalue weighted by Crippen LogP contribution is -2.59. The molecule has 0 aliphatic carbocycles. The monoisotopic (exact) mass is 503 g/mol. The number of nitrogens with zero attached hydrogens (tertiary/aromatic N) is 3. The molecule has 2 aliphatic rings. The fraction of sp³-hybridized carbons (Fsp3) is 0.577. The van der Waals surface area contributed by atoms with Crippen LogP contribution in [-0.4, -0.2) is 83.6 Å². The fourth-order valence-electron chi connectivity index (χ4n) is 4.65. The lowest BCUT2D eigenvalue weighted by Gasteiger charge is -2.43. The van der Waals surface area contributed by atoms with Crippen LogP contribution in [0, 0.1) is 5.82 Å². The molecule has 2 aliphatic heterocycles. The number of rotatable bonds is 6. The standard InChI is InChI=1S/C26H38FN5O4/c1-7-31-20(16-30-13-14-32(17(3)15-30)25(35)29-26(4,5)6)21(23(33)36-8-2)22(28-24(31)34)18-9-11-19(27)12-10-18/h9-12,17,22H,7-8,13-16H2,1-6H3,(H,28,34)(H,29,35)/t17-,22-/m0/s1. The number of hydrogen-bond donors (Lipinski definition) is 2. The number of nitrogens with one attached hydrogen (secondary N) is 2. The van der Waals surface area contributed by atoms with Gasteiger partial charge >= 0.3 is 18.0 Å². The smallest absolute Gasteiger partial charge is 0.338 e. The molecule has 4 amide bonds. The topological polar surface area (TPSA) is 94.2 Å². The largest absolute Gasteiger partial charge is 0.463 e. The van der Waals surface area contributed by atoms with Gasteiger partial charge in [0.05, 0.1) is 18.2 Å². The molecule has 2 atom stereocenters. The molecule has 2 heterocycles. The molecule has 36 heavy (non-hydrogen) atoms. The normalized spacial score (nSPS) is 21.4. The Bertz CT molecular complexity index is 1000. The number of carbonyl (C=O) groups excluding carboxylic acids is 3. The molecule has 1 aromatic carbocycles. The second-order valence-corrected chi connectivity index (χ2v) is 10.2. The third kappa shape index (κ3) is 6.34. The van der Waals surface area contributed by atoms with Crippen molar-refractivity contribution in [3.8, 4) is 0 Å². The molecule has 0 radical (unpaired) electrons. The molecular formula is C26H38FN5O4. The summed E-state index contributed by atoms with van der Waals surface area (Å²) in [6, 6.07) is 4.48. The van der Waals surface area contributed by atoms with Crippen molar-refractivity contribution in [2.75, 3.05) is 39.3 Å². The summed E-state index contributed by atoms with van der Waals surface area (Å²) in [5.74, 6) is -0.920. The zero-order valence-electron chi connectivity index (χ0n) is 22.1. The van der Waals surface area contributed by atoms with Crippen molar-refractivity contribution in [3.05, 3.63) is 46.9 Å². The summed E-state index contributed by atoms with van der Waals surface area (Å²) in [5, 5.41) is 5.90. The molecular weight excluding hydrogens is 465 g/mol. The minimum atomic E-state index is -0.758. The van der Waals surface area contributed by atoms with Gasteiger partial charge in [0.15, 0.2) is 0 Å². The van der Waals surface area contributed by atoms with Crippen LogP contribution in [0.15, 0.2) is 35.5 Å². The second kappa shape index (κ2) is 11.3. The molecule has 2 N–H and O–H groups in total. The minimum Gasteiger partial charge on any atom is -0.463 e. The Morgan fingerprint density at radius 3 is 2.39 bits per heavy atom. The van der Waals surface area contributed by atoms with E-state index in [9.17, 15) is 18.8 Å². The number of carbonyl (C=O) groups is 3. The van der Waals surface area contributed by atoms with Gasteiger partial charge in [0, 0.05) is 50.0 Å². The third-order valence-corrected chi connectivity index (χ3v) is 6.28. The van der Waals surface area contributed by atoms with Gasteiger partial charge in [-0.25, -0.2) is 18.8 Å². The average molecular weight is 504 g/mol. The van der Waals surface area contributed by atoms with Gasteiger partial charge in [-0.2, -0.15) is 0 Å². The van der Waals surface area contributed by atoms with E-state index in [0.717, 1.165) is 0 Å². The van der Waals surface area contributed by atoms with Crippen molar-refractivity contribution in [3.63, 3.8) is 0 Å². The molecule has 9 nitrogen and oxygen atoms in total. The van der Waals surface area contributed by atoms with Gasteiger partial charge in [-0.3, -0.25) is 9.80 Å². The summed E-state index contributed by atoms with van der Waals surface area (Å²) in [6.45, 7) is 14.0. The molecule has 0 spiro atoms. The Kier molecular flexibility index (Phi) is 8.60. The summed E-state index contributed by atoms with van der Waals surface area (Å²) >= 11 is 0. The lowest BCUT2D eigenvalue weighted by atomic mass is 9.94. The zero-order chi connectivity index (χ0) is 26.6. The van der Waals surface area contributed by atoms with Gasteiger partial charge in [0.1, 0.15) is 5.82 Å². The first-order valence-corrected chi connectivity index (χ1v) is 12.5. The summed E-state index contributed by atoms with van der Waals surface area (Å²) in [5.41, 5.74) is 1.16. The molecule has 10 heteroatoms. The number of benzene rings is 1. The second-order valence-electron chi connectivity index (χ2n) is 10.2. The first kappa shape index (κ1) is 27.4. The van der Waals surface area contributed by atoms with E-state index >= 15 is 0 Å². The Labute approximate surface area is 212 Å². The van der Waals surface area contributed by atoms with Crippen molar-refractivity contribution in [1.29, 1.82) is 0 Å². The van der Waals surface area contributed by atoms with Crippen molar-refractivity contribution >= 4 is 18.0 Å². The number of amides is 4. The quantitative estimate of drug-likeness (QED) is 0.582. The lowest BCUT2D eigenvalue weighted by molar-refractivity contribution is -0.139. The molecule has 1 saturated heterocycles. The Morgan fingerprint density at radius 2 is 1.83 bits per heavy atom. The molecule has 0 unspecified atom stereocenters. The van der Waals surface area contributed by atoms with E-state index in [2.05, 4.69) is 15.5 Å². The van der Waals surface area contributed by atoms with Crippen LogP contribution in [0.1, 0.15) is 53.1 Å². The van der Waals surface area contributed by atoms with Crippen molar-refractivity contribution < 1.29 is 23.5 Å². The van der Waals surface area contributed by atoms with E-state index in [0.29, 0.717) is 49.6 Å². The number of hydrogen-bond acceptors (Lipinski definition) is 5. The van der Waals surface area contributed by atoms with E-state index in [-0.39, 0.29) is 30.2 Å². The molecule has 198 valence electrons. The highest BCUT2D eigenvalue weighted by Gasteiger charge is 2.39. The summed E-state index contributed by atoms with van der Waals surface area (Å²) in [7, 11) is 0. The first-order chi connectivity index (χ1) is 16.9. The maximum absolute atomic E-state index is 13.6. The Balaban J connectivity index is 1.92. The number of likely N-dealkylation sites (N-methyl/N-ethyl adjacent to an activating group) is 1. The molecule has 0 aromatic heterocycles. The number of esters is 1.